The van der Waals surface area contributed by atoms with Gasteiger partial charge in [-0.15, -0.1) is 10.2 Å². The lowest BCUT2D eigenvalue weighted by Crippen LogP contribution is -2.42. The third-order valence-corrected chi connectivity index (χ3v) is 6.00. The first-order valence-electron chi connectivity index (χ1n) is 10.5. The number of hydrogen-bond acceptors (Lipinski definition) is 6. The second kappa shape index (κ2) is 7.99. The van der Waals surface area contributed by atoms with Gasteiger partial charge in [0, 0.05) is 36.0 Å². The van der Waals surface area contributed by atoms with Crippen LogP contribution in [0, 0.1) is 5.82 Å². The van der Waals surface area contributed by atoms with E-state index in [2.05, 4.69) is 36.0 Å². The summed E-state index contributed by atoms with van der Waals surface area (Å²) in [6.45, 7) is 1.99. The Balaban J connectivity index is 1.33. The van der Waals surface area contributed by atoms with Gasteiger partial charge < -0.3 is 10.6 Å². The highest BCUT2D eigenvalue weighted by atomic mass is 19.1. The predicted octanol–water partition coefficient (Wildman–Crippen LogP) is 4.05. The minimum absolute atomic E-state index is 0.186. The second-order valence-electron chi connectivity index (χ2n) is 8.14. The van der Waals surface area contributed by atoms with Crippen molar-refractivity contribution in [3.05, 3.63) is 60.2 Å². The number of fused-ring (bicyclic) bond motifs is 1. The molecule has 1 aliphatic rings. The molecular formula is C23H22FN7O. The zero-order chi connectivity index (χ0) is 22.1. The van der Waals surface area contributed by atoms with Gasteiger partial charge in [0.2, 0.25) is 5.91 Å². The molecule has 9 heteroatoms. The molecule has 0 bridgehead atoms. The number of pyridine rings is 1. The Morgan fingerprint density at radius 3 is 2.75 bits per heavy atom. The van der Waals surface area contributed by atoms with Crippen LogP contribution in [0.15, 0.2) is 48.7 Å². The number of carbonyl (C=O) groups is 1. The minimum atomic E-state index is -0.307. The lowest BCUT2D eigenvalue weighted by Gasteiger charge is -2.41. The molecule has 0 atom stereocenters. The largest absolute Gasteiger partial charge is 0.368 e. The number of H-pyrrole nitrogens is 1. The van der Waals surface area contributed by atoms with E-state index in [4.69, 9.17) is 0 Å². The number of nitrogens with one attached hydrogen (secondary N) is 3. The highest BCUT2D eigenvalue weighted by molar-refractivity contribution is 6.00. The fraction of sp³-hybridized carbons (Fsp3) is 0.261. The van der Waals surface area contributed by atoms with Crippen LogP contribution in [0.1, 0.15) is 31.9 Å². The number of aromatic amines is 1. The number of amides is 1. The number of anilines is 2. The first kappa shape index (κ1) is 20.0. The van der Waals surface area contributed by atoms with Crippen molar-refractivity contribution in [3.8, 4) is 11.3 Å². The summed E-state index contributed by atoms with van der Waals surface area (Å²) in [4.78, 5) is 15.7. The SMILES string of the molecule is CC(=O)Nc1n[nH]c2ccc(-c3ccc(NCC4(c5ncccc5F)CCC4)nn3)cc12. The van der Waals surface area contributed by atoms with Gasteiger partial charge in [-0.25, -0.2) is 4.39 Å². The molecular weight excluding hydrogens is 409 g/mol. The molecule has 3 aromatic heterocycles. The predicted molar refractivity (Wildman–Crippen MR) is 120 cm³/mol. The summed E-state index contributed by atoms with van der Waals surface area (Å²) in [5, 5.41) is 22.5. The molecule has 1 aliphatic carbocycles. The molecule has 0 aliphatic heterocycles. The quantitative estimate of drug-likeness (QED) is 0.425. The van der Waals surface area contributed by atoms with Gasteiger partial charge in [0.05, 0.1) is 16.9 Å². The van der Waals surface area contributed by atoms with Crippen LogP contribution < -0.4 is 10.6 Å². The van der Waals surface area contributed by atoms with Gasteiger partial charge in [-0.2, -0.15) is 5.10 Å². The van der Waals surface area contributed by atoms with E-state index in [-0.39, 0.29) is 17.1 Å². The van der Waals surface area contributed by atoms with E-state index in [1.165, 1.54) is 13.0 Å². The fourth-order valence-corrected chi connectivity index (χ4v) is 4.15. The van der Waals surface area contributed by atoms with Gasteiger partial charge in [-0.05, 0) is 49.2 Å². The number of carbonyl (C=O) groups excluding carboxylic acids is 1. The summed E-state index contributed by atoms with van der Waals surface area (Å²) in [5.41, 5.74) is 2.58. The summed E-state index contributed by atoms with van der Waals surface area (Å²) in [5.74, 6) is 0.658. The van der Waals surface area contributed by atoms with Crippen molar-refractivity contribution in [2.24, 2.45) is 0 Å². The fourth-order valence-electron chi connectivity index (χ4n) is 4.15. The minimum Gasteiger partial charge on any atom is -0.368 e. The number of rotatable bonds is 6. The average molecular weight is 431 g/mol. The van der Waals surface area contributed by atoms with Crippen molar-refractivity contribution < 1.29 is 9.18 Å². The van der Waals surface area contributed by atoms with E-state index in [0.29, 0.717) is 29.6 Å². The van der Waals surface area contributed by atoms with E-state index >= 15 is 0 Å². The van der Waals surface area contributed by atoms with Crippen molar-refractivity contribution in [2.45, 2.75) is 31.6 Å². The maximum absolute atomic E-state index is 14.3. The Kier molecular flexibility index (Phi) is 5.01. The topological polar surface area (TPSA) is 108 Å². The molecule has 0 radical (unpaired) electrons. The first-order chi connectivity index (χ1) is 15.5. The number of nitrogens with zero attached hydrogens (tertiary/aromatic N) is 4. The normalized spacial score (nSPS) is 14.7. The van der Waals surface area contributed by atoms with Crippen LogP contribution in [0.2, 0.25) is 0 Å². The smallest absolute Gasteiger partial charge is 0.222 e. The van der Waals surface area contributed by atoms with Crippen LogP contribution in [0.3, 0.4) is 0 Å². The van der Waals surface area contributed by atoms with Gasteiger partial charge >= 0.3 is 0 Å². The third-order valence-electron chi connectivity index (χ3n) is 6.00. The molecule has 4 aromatic rings. The van der Waals surface area contributed by atoms with Crippen LogP contribution in [0.4, 0.5) is 16.0 Å². The Morgan fingerprint density at radius 2 is 2.06 bits per heavy atom. The summed E-state index contributed by atoms with van der Waals surface area (Å²) >= 11 is 0. The van der Waals surface area contributed by atoms with Gasteiger partial charge in [-0.3, -0.25) is 14.9 Å². The summed E-state index contributed by atoms with van der Waals surface area (Å²) in [7, 11) is 0. The van der Waals surface area contributed by atoms with Crippen LogP contribution >= 0.6 is 0 Å². The lowest BCUT2D eigenvalue weighted by atomic mass is 9.66. The molecule has 32 heavy (non-hydrogen) atoms. The Bertz CT molecular complexity index is 1280. The highest BCUT2D eigenvalue weighted by Gasteiger charge is 2.41. The van der Waals surface area contributed by atoms with Crippen LogP contribution in [0.25, 0.3) is 22.2 Å². The van der Waals surface area contributed by atoms with Gasteiger partial charge in [0.1, 0.15) is 11.6 Å². The highest BCUT2D eigenvalue weighted by Crippen LogP contribution is 2.43. The van der Waals surface area contributed by atoms with Crippen molar-refractivity contribution in [3.63, 3.8) is 0 Å². The lowest BCUT2D eigenvalue weighted by molar-refractivity contribution is -0.114. The van der Waals surface area contributed by atoms with Gasteiger partial charge in [0.15, 0.2) is 5.82 Å². The van der Waals surface area contributed by atoms with Crippen LogP contribution in [-0.4, -0.2) is 37.8 Å². The summed E-state index contributed by atoms with van der Waals surface area (Å²) < 4.78 is 14.3. The van der Waals surface area contributed by atoms with E-state index in [9.17, 15) is 9.18 Å². The standard InChI is InChI=1S/C23H22FN7O/c1-14(32)27-22-16-12-15(5-6-19(16)29-31-22)18-7-8-20(30-28-18)26-13-23(9-3-10-23)21-17(24)4-2-11-25-21/h2,4-8,11-12H,3,9-10,13H2,1H3,(H,26,30)(H2,27,29,31,32). The van der Waals surface area contributed by atoms with Crippen molar-refractivity contribution in [1.82, 2.24) is 25.4 Å². The van der Waals surface area contributed by atoms with E-state index in [0.717, 1.165) is 35.7 Å². The zero-order valence-electron chi connectivity index (χ0n) is 17.5. The van der Waals surface area contributed by atoms with Crippen LogP contribution in [0.5, 0.6) is 0 Å². The van der Waals surface area contributed by atoms with Gasteiger partial charge in [-0.1, -0.05) is 12.5 Å². The second-order valence-corrected chi connectivity index (χ2v) is 8.14. The van der Waals surface area contributed by atoms with E-state index in [1.807, 2.05) is 30.3 Å². The molecule has 1 fully saturated rings. The van der Waals surface area contributed by atoms with Crippen molar-refractivity contribution in [2.75, 3.05) is 17.2 Å². The number of halogens is 1. The molecule has 0 unspecified atom stereocenters. The molecule has 1 aromatic carbocycles. The van der Waals surface area contributed by atoms with Crippen molar-refractivity contribution >= 4 is 28.4 Å². The molecule has 8 nitrogen and oxygen atoms in total. The van der Waals surface area contributed by atoms with Gasteiger partial charge in [0.25, 0.3) is 0 Å². The first-order valence-corrected chi connectivity index (χ1v) is 10.5. The Hall–Kier alpha value is -3.88. The molecule has 3 N–H and O–H groups in total. The summed E-state index contributed by atoms with van der Waals surface area (Å²) in [6, 6.07) is 12.5. The molecule has 5 rings (SSSR count). The summed E-state index contributed by atoms with van der Waals surface area (Å²) in [6.07, 6.45) is 4.47. The Morgan fingerprint density at radius 1 is 1.19 bits per heavy atom. The van der Waals surface area contributed by atoms with E-state index < -0.39 is 0 Å². The third kappa shape index (κ3) is 3.66. The average Bonchev–Trinajstić information content (AvgIpc) is 3.16. The Labute approximate surface area is 183 Å². The molecule has 0 saturated heterocycles. The number of benzene rings is 1. The maximum atomic E-state index is 14.3. The monoisotopic (exact) mass is 431 g/mol. The van der Waals surface area contributed by atoms with Crippen LogP contribution in [-0.2, 0) is 10.2 Å². The maximum Gasteiger partial charge on any atom is 0.222 e. The molecule has 0 spiro atoms. The molecule has 1 saturated carbocycles. The zero-order valence-corrected chi connectivity index (χ0v) is 17.5. The number of aromatic nitrogens is 5. The molecule has 1 amide bonds. The molecule has 3 heterocycles. The molecule has 162 valence electrons. The van der Waals surface area contributed by atoms with Crippen molar-refractivity contribution in [1.29, 1.82) is 0 Å². The number of hydrogen-bond donors (Lipinski definition) is 3. The van der Waals surface area contributed by atoms with E-state index in [1.54, 1.807) is 12.3 Å².